The Morgan fingerprint density at radius 1 is 1.03 bits per heavy atom. The molecule has 1 aromatic carbocycles. The average Bonchev–Trinajstić information content (AvgIpc) is 2.76. The summed E-state index contributed by atoms with van der Waals surface area (Å²) in [5.41, 5.74) is -1.64. The first kappa shape index (κ1) is 23.7. The van der Waals surface area contributed by atoms with Gasteiger partial charge in [-0.15, -0.1) is 0 Å². The summed E-state index contributed by atoms with van der Waals surface area (Å²) < 4.78 is 50.7. The Morgan fingerprint density at radius 2 is 1.52 bits per heavy atom. The summed E-state index contributed by atoms with van der Waals surface area (Å²) in [5, 5.41) is 2.97. The van der Waals surface area contributed by atoms with Crippen LogP contribution in [0.25, 0.3) is 0 Å². The van der Waals surface area contributed by atoms with Crippen LogP contribution in [0, 0.1) is 5.41 Å². The van der Waals surface area contributed by atoms with Gasteiger partial charge in [-0.25, -0.2) is 0 Å². The molecule has 1 amide bonds. The van der Waals surface area contributed by atoms with Gasteiger partial charge in [0.25, 0.3) is 0 Å². The third-order valence-electron chi connectivity index (χ3n) is 5.62. The number of hydrogen-bond donors (Lipinski definition) is 1. The Kier molecular flexibility index (Phi) is 6.51. The molecule has 0 unspecified atom stereocenters. The van der Waals surface area contributed by atoms with Gasteiger partial charge in [0.15, 0.2) is 0 Å². The molecule has 1 aliphatic heterocycles. The van der Waals surface area contributed by atoms with Crippen molar-refractivity contribution < 1.29 is 27.3 Å². The molecule has 29 heavy (non-hydrogen) atoms. The monoisotopic (exact) mass is 413 g/mol. The molecule has 1 fully saturated rings. The number of halogens is 3. The zero-order valence-corrected chi connectivity index (χ0v) is 18.2. The van der Waals surface area contributed by atoms with E-state index in [0.717, 1.165) is 12.1 Å². The standard InChI is InChI=1S/C21H31BF3NO3/c1-18(2,3)17(27)26-16(14-8-10-15(11-9-14)21(23,24)25)12-13-22-28-19(4,5)20(6,7)29-22/h8-11,16H,12-13H2,1-7H3,(H,26,27)/t16-/m0/s1. The lowest BCUT2D eigenvalue weighted by atomic mass is 9.80. The van der Waals surface area contributed by atoms with Crippen LogP contribution in [0.4, 0.5) is 13.2 Å². The Balaban J connectivity index is 2.17. The summed E-state index contributed by atoms with van der Waals surface area (Å²) in [6.45, 7) is 13.2. The molecule has 0 spiro atoms. The minimum Gasteiger partial charge on any atom is -0.403 e. The molecule has 1 atom stereocenters. The fraction of sp³-hybridized carbons (Fsp3) is 0.667. The smallest absolute Gasteiger partial charge is 0.403 e. The molecule has 1 saturated heterocycles. The number of carbonyl (C=O) groups excluding carboxylic acids is 1. The van der Waals surface area contributed by atoms with Crippen molar-refractivity contribution in [2.24, 2.45) is 5.41 Å². The van der Waals surface area contributed by atoms with E-state index in [4.69, 9.17) is 9.31 Å². The second-order valence-corrected chi connectivity index (χ2v) is 9.66. The molecule has 0 bridgehead atoms. The molecule has 162 valence electrons. The molecule has 8 heteroatoms. The lowest BCUT2D eigenvalue weighted by Gasteiger charge is -2.32. The van der Waals surface area contributed by atoms with Gasteiger partial charge in [0.2, 0.25) is 5.91 Å². The van der Waals surface area contributed by atoms with Gasteiger partial charge in [-0.05, 0) is 58.1 Å². The summed E-state index contributed by atoms with van der Waals surface area (Å²) in [6, 6.07) is 4.48. The van der Waals surface area contributed by atoms with E-state index in [1.165, 1.54) is 12.1 Å². The zero-order valence-electron chi connectivity index (χ0n) is 18.2. The maximum atomic E-state index is 12.9. The second-order valence-electron chi connectivity index (χ2n) is 9.66. The highest BCUT2D eigenvalue weighted by Crippen LogP contribution is 2.39. The molecule has 0 saturated carbocycles. The van der Waals surface area contributed by atoms with Crippen LogP contribution in [0.1, 0.15) is 72.1 Å². The Bertz CT molecular complexity index is 708. The third kappa shape index (κ3) is 5.75. The number of carbonyl (C=O) groups is 1. The largest absolute Gasteiger partial charge is 0.457 e. The zero-order chi connectivity index (χ0) is 22.3. The Hall–Kier alpha value is -1.54. The van der Waals surface area contributed by atoms with Gasteiger partial charge in [0, 0.05) is 5.41 Å². The predicted molar refractivity (Wildman–Crippen MR) is 107 cm³/mol. The average molecular weight is 413 g/mol. The minimum absolute atomic E-state index is 0.170. The van der Waals surface area contributed by atoms with Crippen molar-refractivity contribution in [3.05, 3.63) is 35.4 Å². The highest BCUT2D eigenvalue weighted by atomic mass is 19.4. The highest BCUT2D eigenvalue weighted by Gasteiger charge is 2.50. The number of nitrogens with one attached hydrogen (secondary N) is 1. The van der Waals surface area contributed by atoms with Crippen molar-refractivity contribution in [3.8, 4) is 0 Å². The van der Waals surface area contributed by atoms with Crippen molar-refractivity contribution >= 4 is 13.0 Å². The van der Waals surface area contributed by atoms with E-state index < -0.39 is 41.5 Å². The lowest BCUT2D eigenvalue weighted by Crippen LogP contribution is -2.41. The first-order valence-corrected chi connectivity index (χ1v) is 9.87. The van der Waals surface area contributed by atoms with Gasteiger partial charge in [0.1, 0.15) is 0 Å². The molecule has 1 aliphatic rings. The normalized spacial score (nSPS) is 19.9. The first-order valence-electron chi connectivity index (χ1n) is 9.87. The summed E-state index contributed by atoms with van der Waals surface area (Å²) in [5.74, 6) is -0.170. The topological polar surface area (TPSA) is 47.6 Å². The van der Waals surface area contributed by atoms with Gasteiger partial charge >= 0.3 is 13.3 Å². The van der Waals surface area contributed by atoms with Gasteiger partial charge in [-0.1, -0.05) is 32.9 Å². The number of amides is 1. The van der Waals surface area contributed by atoms with E-state index >= 15 is 0 Å². The van der Waals surface area contributed by atoms with Crippen molar-refractivity contribution in [1.29, 1.82) is 0 Å². The van der Waals surface area contributed by atoms with Crippen LogP contribution in [0.2, 0.25) is 6.32 Å². The maximum Gasteiger partial charge on any atom is 0.457 e. The summed E-state index contributed by atoms with van der Waals surface area (Å²) in [7, 11) is -0.441. The fourth-order valence-corrected chi connectivity index (χ4v) is 2.99. The quantitative estimate of drug-likeness (QED) is 0.659. The van der Waals surface area contributed by atoms with E-state index in [1.54, 1.807) is 20.8 Å². The highest BCUT2D eigenvalue weighted by molar-refractivity contribution is 6.45. The predicted octanol–water partition coefficient (Wildman–Crippen LogP) is 5.39. The van der Waals surface area contributed by atoms with Crippen LogP contribution in [-0.4, -0.2) is 24.2 Å². The van der Waals surface area contributed by atoms with E-state index in [-0.39, 0.29) is 5.91 Å². The van der Waals surface area contributed by atoms with E-state index in [1.807, 2.05) is 27.7 Å². The Morgan fingerprint density at radius 3 is 1.93 bits per heavy atom. The molecule has 1 heterocycles. The van der Waals surface area contributed by atoms with Crippen LogP contribution >= 0.6 is 0 Å². The van der Waals surface area contributed by atoms with E-state index in [9.17, 15) is 18.0 Å². The molecule has 2 rings (SSSR count). The number of alkyl halides is 3. The van der Waals surface area contributed by atoms with Crippen LogP contribution in [0.5, 0.6) is 0 Å². The van der Waals surface area contributed by atoms with Crippen LogP contribution < -0.4 is 5.32 Å². The van der Waals surface area contributed by atoms with Crippen LogP contribution in [-0.2, 0) is 20.3 Å². The van der Waals surface area contributed by atoms with E-state index in [0.29, 0.717) is 18.3 Å². The Labute approximate surface area is 171 Å². The third-order valence-corrected chi connectivity index (χ3v) is 5.62. The minimum atomic E-state index is -4.40. The van der Waals surface area contributed by atoms with Gasteiger partial charge < -0.3 is 14.6 Å². The lowest BCUT2D eigenvalue weighted by molar-refractivity contribution is -0.137. The fourth-order valence-electron chi connectivity index (χ4n) is 2.99. The number of benzene rings is 1. The molecule has 1 aromatic rings. The maximum absolute atomic E-state index is 12.9. The molecule has 0 radical (unpaired) electrons. The first-order chi connectivity index (χ1) is 13.0. The summed E-state index contributed by atoms with van der Waals surface area (Å²) in [4.78, 5) is 12.5. The number of rotatable bonds is 5. The van der Waals surface area contributed by atoms with Crippen molar-refractivity contribution in [2.45, 2.75) is 84.6 Å². The van der Waals surface area contributed by atoms with Crippen molar-refractivity contribution in [2.75, 3.05) is 0 Å². The molecular weight excluding hydrogens is 382 g/mol. The molecule has 1 N–H and O–H groups in total. The van der Waals surface area contributed by atoms with Gasteiger partial charge in [0.05, 0.1) is 22.8 Å². The molecule has 4 nitrogen and oxygen atoms in total. The van der Waals surface area contributed by atoms with Gasteiger partial charge in [-0.2, -0.15) is 13.2 Å². The van der Waals surface area contributed by atoms with Crippen LogP contribution in [0.3, 0.4) is 0 Å². The second kappa shape index (κ2) is 7.95. The SMILES string of the molecule is CC(C)(C)C(=O)N[C@@H](CCB1OC(C)(C)C(C)(C)O1)c1ccc(C(F)(F)F)cc1. The van der Waals surface area contributed by atoms with E-state index in [2.05, 4.69) is 5.32 Å². The summed E-state index contributed by atoms with van der Waals surface area (Å²) in [6.07, 6.45) is -3.42. The summed E-state index contributed by atoms with van der Waals surface area (Å²) >= 11 is 0. The van der Waals surface area contributed by atoms with Crippen LogP contribution in [0.15, 0.2) is 24.3 Å². The molecule has 0 aliphatic carbocycles. The molecular formula is C21H31BF3NO3. The van der Waals surface area contributed by atoms with Gasteiger partial charge in [-0.3, -0.25) is 4.79 Å². The number of hydrogen-bond acceptors (Lipinski definition) is 3. The van der Waals surface area contributed by atoms with Crippen molar-refractivity contribution in [3.63, 3.8) is 0 Å². The molecule has 0 aromatic heterocycles. The van der Waals surface area contributed by atoms with Crippen molar-refractivity contribution in [1.82, 2.24) is 5.32 Å².